The summed E-state index contributed by atoms with van der Waals surface area (Å²) in [6.45, 7) is 2.03. The van der Waals surface area contributed by atoms with E-state index in [2.05, 4.69) is 10.6 Å². The molecule has 1 fully saturated rings. The van der Waals surface area contributed by atoms with Crippen LogP contribution in [0.1, 0.15) is 13.3 Å². The van der Waals surface area contributed by atoms with E-state index in [1.807, 2.05) is 6.92 Å². The number of amides is 2. The lowest BCUT2D eigenvalue weighted by molar-refractivity contribution is -0.143. The van der Waals surface area contributed by atoms with E-state index >= 15 is 0 Å². The summed E-state index contributed by atoms with van der Waals surface area (Å²) >= 11 is 0. The summed E-state index contributed by atoms with van der Waals surface area (Å²) in [7, 11) is 0. The van der Waals surface area contributed by atoms with Crippen molar-refractivity contribution < 1.29 is 22.7 Å². The van der Waals surface area contributed by atoms with Crippen molar-refractivity contribution in [3.8, 4) is 5.75 Å². The van der Waals surface area contributed by atoms with Gasteiger partial charge in [-0.2, -0.15) is 13.2 Å². The van der Waals surface area contributed by atoms with E-state index in [-0.39, 0.29) is 12.6 Å². The molecule has 0 spiro atoms. The molecule has 1 heterocycles. The van der Waals surface area contributed by atoms with E-state index in [1.54, 1.807) is 24.3 Å². The maximum absolute atomic E-state index is 12.3. The Hall–Kier alpha value is -1.96. The molecule has 1 unspecified atom stereocenters. The molecule has 23 heavy (non-hydrogen) atoms. The molecule has 1 saturated heterocycles. The van der Waals surface area contributed by atoms with Gasteiger partial charge in [-0.05, 0) is 37.6 Å². The number of nitrogens with one attached hydrogen (secondary N) is 2. The quantitative estimate of drug-likeness (QED) is 0.872. The van der Waals surface area contributed by atoms with E-state index in [1.165, 1.54) is 4.90 Å². The van der Waals surface area contributed by atoms with E-state index in [9.17, 15) is 18.0 Å². The normalized spacial score (nSPS) is 18.7. The van der Waals surface area contributed by atoms with Crippen LogP contribution in [0.2, 0.25) is 0 Å². The number of hydrogen-bond acceptors (Lipinski definition) is 3. The van der Waals surface area contributed by atoms with Crippen molar-refractivity contribution in [2.75, 3.05) is 31.6 Å². The summed E-state index contributed by atoms with van der Waals surface area (Å²) in [4.78, 5) is 13.2. The van der Waals surface area contributed by atoms with Crippen molar-refractivity contribution >= 4 is 11.7 Å². The first-order chi connectivity index (χ1) is 10.9. The minimum atomic E-state index is -4.21. The van der Waals surface area contributed by atoms with E-state index in [4.69, 9.17) is 4.74 Å². The number of hydrogen-bond donors (Lipinski definition) is 2. The van der Waals surface area contributed by atoms with Crippen LogP contribution in [0.3, 0.4) is 0 Å². The van der Waals surface area contributed by atoms with E-state index in [0.717, 1.165) is 0 Å². The maximum Gasteiger partial charge on any atom is 0.401 e. The number of alkyl halides is 3. The van der Waals surface area contributed by atoms with Crippen molar-refractivity contribution in [2.24, 2.45) is 0 Å². The second kappa shape index (κ2) is 7.54. The van der Waals surface area contributed by atoms with Gasteiger partial charge in [-0.25, -0.2) is 4.79 Å². The molecular weight excluding hydrogens is 311 g/mol. The standard InChI is InChI=1S/C15H20F3N3O2/c1-2-23-13-5-3-11(4-6-13)19-14(22)20-12-7-8-21(9-12)10-15(16,17)18/h3-6,12H,2,7-10H2,1H3,(H2,19,20,22). The molecule has 2 amide bonds. The van der Waals surface area contributed by atoms with Gasteiger partial charge in [0.2, 0.25) is 0 Å². The molecule has 8 heteroatoms. The molecule has 0 aliphatic carbocycles. The first kappa shape index (κ1) is 17.4. The fourth-order valence-corrected chi connectivity index (χ4v) is 2.50. The van der Waals surface area contributed by atoms with Gasteiger partial charge >= 0.3 is 12.2 Å². The molecular formula is C15H20F3N3O2. The molecule has 0 aromatic heterocycles. The van der Waals surface area contributed by atoms with E-state index in [0.29, 0.717) is 31.0 Å². The number of carbonyl (C=O) groups excluding carboxylic acids is 1. The zero-order valence-electron chi connectivity index (χ0n) is 12.8. The Labute approximate surface area is 132 Å². The summed E-state index contributed by atoms with van der Waals surface area (Å²) in [6.07, 6.45) is -3.70. The average Bonchev–Trinajstić information content (AvgIpc) is 2.86. The minimum absolute atomic E-state index is 0.205. The van der Waals surface area contributed by atoms with Crippen LogP contribution in [0.5, 0.6) is 5.75 Å². The second-order valence-electron chi connectivity index (χ2n) is 5.39. The van der Waals surface area contributed by atoms with Gasteiger partial charge in [-0.3, -0.25) is 4.90 Å². The molecule has 2 N–H and O–H groups in total. The SMILES string of the molecule is CCOc1ccc(NC(=O)NC2CCN(CC(F)(F)F)C2)cc1. The number of carbonyl (C=O) groups is 1. The lowest BCUT2D eigenvalue weighted by atomic mass is 10.2. The summed E-state index contributed by atoms with van der Waals surface area (Å²) < 4.78 is 42.3. The molecule has 0 bridgehead atoms. The van der Waals surface area contributed by atoms with Crippen molar-refractivity contribution in [3.05, 3.63) is 24.3 Å². The number of nitrogens with zero attached hydrogens (tertiary/aromatic N) is 1. The molecule has 0 saturated carbocycles. The maximum atomic E-state index is 12.3. The molecule has 5 nitrogen and oxygen atoms in total. The molecule has 0 radical (unpaired) electrons. The van der Waals surface area contributed by atoms with E-state index < -0.39 is 18.8 Å². The minimum Gasteiger partial charge on any atom is -0.494 e. The molecule has 2 rings (SSSR count). The van der Waals surface area contributed by atoms with Crippen LogP contribution in [0.15, 0.2) is 24.3 Å². The van der Waals surface area contributed by atoms with Gasteiger partial charge in [0.1, 0.15) is 5.75 Å². The Morgan fingerprint density at radius 1 is 1.35 bits per heavy atom. The number of ether oxygens (including phenoxy) is 1. The second-order valence-corrected chi connectivity index (χ2v) is 5.39. The van der Waals surface area contributed by atoms with Crippen LogP contribution in [-0.4, -0.2) is 49.4 Å². The molecule has 1 atom stereocenters. The van der Waals surface area contributed by atoms with Crippen LogP contribution in [-0.2, 0) is 0 Å². The van der Waals surface area contributed by atoms with Gasteiger partial charge in [-0.1, -0.05) is 0 Å². The Morgan fingerprint density at radius 3 is 2.65 bits per heavy atom. The Kier molecular flexibility index (Phi) is 5.70. The predicted octanol–water partition coefficient (Wildman–Crippen LogP) is 2.84. The van der Waals surface area contributed by atoms with Crippen LogP contribution in [0, 0.1) is 0 Å². The number of anilines is 1. The van der Waals surface area contributed by atoms with Gasteiger partial charge in [0.25, 0.3) is 0 Å². The van der Waals surface area contributed by atoms with Gasteiger partial charge in [0.15, 0.2) is 0 Å². The third kappa shape index (κ3) is 5.97. The number of likely N-dealkylation sites (tertiary alicyclic amines) is 1. The van der Waals surface area contributed by atoms with Gasteiger partial charge in [0.05, 0.1) is 13.2 Å². The van der Waals surface area contributed by atoms with Crippen LogP contribution < -0.4 is 15.4 Å². The average molecular weight is 331 g/mol. The largest absolute Gasteiger partial charge is 0.494 e. The summed E-state index contributed by atoms with van der Waals surface area (Å²) in [5, 5.41) is 5.35. The molecule has 1 aliphatic rings. The molecule has 1 aromatic rings. The smallest absolute Gasteiger partial charge is 0.401 e. The van der Waals surface area contributed by atoms with Crippen molar-refractivity contribution in [1.29, 1.82) is 0 Å². The van der Waals surface area contributed by atoms with Crippen LogP contribution in [0.25, 0.3) is 0 Å². The van der Waals surface area contributed by atoms with Crippen molar-refractivity contribution in [3.63, 3.8) is 0 Å². The Morgan fingerprint density at radius 2 is 2.04 bits per heavy atom. The Balaban J connectivity index is 1.77. The topological polar surface area (TPSA) is 53.6 Å². The first-order valence-corrected chi connectivity index (χ1v) is 7.45. The van der Waals surface area contributed by atoms with Gasteiger partial charge < -0.3 is 15.4 Å². The Bertz CT molecular complexity index is 520. The van der Waals surface area contributed by atoms with Gasteiger partial charge in [-0.15, -0.1) is 0 Å². The highest BCUT2D eigenvalue weighted by Crippen LogP contribution is 2.20. The zero-order chi connectivity index (χ0) is 16.9. The lowest BCUT2D eigenvalue weighted by Crippen LogP contribution is -2.41. The monoisotopic (exact) mass is 331 g/mol. The fourth-order valence-electron chi connectivity index (χ4n) is 2.50. The number of benzene rings is 1. The third-order valence-electron chi connectivity index (χ3n) is 3.43. The number of urea groups is 1. The first-order valence-electron chi connectivity index (χ1n) is 7.45. The van der Waals surface area contributed by atoms with Crippen molar-refractivity contribution in [2.45, 2.75) is 25.6 Å². The molecule has 1 aliphatic heterocycles. The zero-order valence-corrected chi connectivity index (χ0v) is 12.8. The summed E-state index contributed by atoms with van der Waals surface area (Å²) in [5.41, 5.74) is 0.594. The van der Waals surface area contributed by atoms with Crippen LogP contribution in [0.4, 0.5) is 23.7 Å². The third-order valence-corrected chi connectivity index (χ3v) is 3.43. The summed E-state index contributed by atoms with van der Waals surface area (Å²) in [6, 6.07) is 6.18. The number of halogens is 3. The highest BCUT2D eigenvalue weighted by molar-refractivity contribution is 5.89. The highest BCUT2D eigenvalue weighted by Gasteiger charge is 2.34. The van der Waals surface area contributed by atoms with Crippen molar-refractivity contribution in [1.82, 2.24) is 10.2 Å². The van der Waals surface area contributed by atoms with Gasteiger partial charge in [0, 0.05) is 24.8 Å². The number of rotatable bonds is 5. The van der Waals surface area contributed by atoms with Crippen LogP contribution >= 0.6 is 0 Å². The predicted molar refractivity (Wildman–Crippen MR) is 80.7 cm³/mol. The molecule has 128 valence electrons. The highest BCUT2D eigenvalue weighted by atomic mass is 19.4. The lowest BCUT2D eigenvalue weighted by Gasteiger charge is -2.18. The fraction of sp³-hybridized carbons (Fsp3) is 0.533. The molecule has 1 aromatic carbocycles. The summed E-state index contributed by atoms with van der Waals surface area (Å²) in [5.74, 6) is 0.706.